The second-order valence-corrected chi connectivity index (χ2v) is 5.60. The van der Waals surface area contributed by atoms with Crippen molar-refractivity contribution >= 4 is 23.1 Å². The predicted molar refractivity (Wildman–Crippen MR) is 75.9 cm³/mol. The first-order valence-electron chi connectivity index (χ1n) is 6.12. The van der Waals surface area contributed by atoms with Gasteiger partial charge in [0.25, 0.3) is 0 Å². The summed E-state index contributed by atoms with van der Waals surface area (Å²) in [5.41, 5.74) is 7.63. The first kappa shape index (κ1) is 14.4. The van der Waals surface area contributed by atoms with Crippen molar-refractivity contribution in [2.75, 3.05) is 0 Å². The molecule has 19 heavy (non-hydrogen) atoms. The van der Waals surface area contributed by atoms with Gasteiger partial charge in [0.2, 0.25) is 0 Å². The molecule has 0 bridgehead atoms. The predicted octanol–water partition coefficient (Wildman–Crippen LogP) is 3.53. The zero-order chi connectivity index (χ0) is 13.8. The lowest BCUT2D eigenvalue weighted by atomic mass is 10.0. The van der Waals surface area contributed by atoms with Crippen LogP contribution in [-0.2, 0) is 12.8 Å². The third-order valence-electron chi connectivity index (χ3n) is 2.86. The topological polar surface area (TPSA) is 51.8 Å². The summed E-state index contributed by atoms with van der Waals surface area (Å²) in [6, 6.07) is 4.37. The molecule has 6 heteroatoms. The van der Waals surface area contributed by atoms with Gasteiger partial charge in [-0.2, -0.15) is 0 Å². The smallest absolute Gasteiger partial charge is 0.127 e. The molecule has 2 aromatic rings. The third-order valence-corrected chi connectivity index (χ3v) is 4.00. The van der Waals surface area contributed by atoms with E-state index in [-0.39, 0.29) is 11.9 Å². The molecule has 1 unspecified atom stereocenters. The molecule has 3 nitrogen and oxygen atoms in total. The van der Waals surface area contributed by atoms with Crippen LogP contribution >= 0.6 is 23.1 Å². The Bertz CT molecular complexity index is 559. The molecule has 2 N–H and O–H groups in total. The molecular formula is C13H15ClFN3S. The molecule has 2 rings (SSSR count). The molecule has 0 aliphatic rings. The van der Waals surface area contributed by atoms with E-state index < -0.39 is 0 Å². The minimum absolute atomic E-state index is 0.280. The zero-order valence-electron chi connectivity index (χ0n) is 10.6. The molecule has 0 spiro atoms. The van der Waals surface area contributed by atoms with Gasteiger partial charge in [-0.3, -0.25) is 0 Å². The van der Waals surface area contributed by atoms with Crippen molar-refractivity contribution in [2.45, 2.75) is 32.2 Å². The Hall–Kier alpha value is -1.04. The summed E-state index contributed by atoms with van der Waals surface area (Å²) in [5.74, 6) is -0.322. The van der Waals surface area contributed by atoms with Crippen LogP contribution < -0.4 is 5.73 Å². The molecule has 0 saturated heterocycles. The fourth-order valence-electron chi connectivity index (χ4n) is 1.92. The summed E-state index contributed by atoms with van der Waals surface area (Å²) in [7, 11) is 0. The molecule has 0 fully saturated rings. The number of aromatic nitrogens is 2. The maximum atomic E-state index is 13.7. The van der Waals surface area contributed by atoms with Crippen molar-refractivity contribution in [1.82, 2.24) is 9.59 Å². The van der Waals surface area contributed by atoms with E-state index in [2.05, 4.69) is 16.5 Å². The highest BCUT2D eigenvalue weighted by atomic mass is 35.5. The van der Waals surface area contributed by atoms with E-state index in [9.17, 15) is 4.39 Å². The third kappa shape index (κ3) is 3.49. The summed E-state index contributed by atoms with van der Waals surface area (Å²) in [4.78, 5) is 0.941. The van der Waals surface area contributed by atoms with Crippen LogP contribution in [0.25, 0.3) is 0 Å². The van der Waals surface area contributed by atoms with Crippen molar-refractivity contribution in [3.8, 4) is 0 Å². The molecule has 1 aromatic heterocycles. The summed E-state index contributed by atoms with van der Waals surface area (Å²) >= 11 is 7.02. The van der Waals surface area contributed by atoms with Crippen molar-refractivity contribution in [2.24, 2.45) is 5.73 Å². The van der Waals surface area contributed by atoms with Crippen LogP contribution in [0.4, 0.5) is 4.39 Å². The number of aryl methyl sites for hydroxylation is 1. The number of rotatable bonds is 5. The van der Waals surface area contributed by atoms with Gasteiger partial charge in [0, 0.05) is 11.1 Å². The fourth-order valence-corrected chi connectivity index (χ4v) is 2.78. The molecular weight excluding hydrogens is 285 g/mol. The molecule has 1 heterocycles. The maximum Gasteiger partial charge on any atom is 0.127 e. The van der Waals surface area contributed by atoms with Crippen LogP contribution in [0, 0.1) is 5.82 Å². The Labute approximate surface area is 120 Å². The second-order valence-electron chi connectivity index (χ2n) is 4.38. The molecule has 0 saturated carbocycles. The van der Waals surface area contributed by atoms with Crippen molar-refractivity contribution in [3.05, 3.63) is 45.2 Å². The summed E-state index contributed by atoms with van der Waals surface area (Å²) < 4.78 is 17.7. The van der Waals surface area contributed by atoms with E-state index >= 15 is 0 Å². The van der Waals surface area contributed by atoms with Crippen LogP contribution in [0.5, 0.6) is 0 Å². The Morgan fingerprint density at radius 2 is 2.26 bits per heavy atom. The van der Waals surface area contributed by atoms with E-state index in [0.717, 1.165) is 23.4 Å². The lowest BCUT2D eigenvalue weighted by molar-refractivity contribution is 0.593. The molecule has 102 valence electrons. The van der Waals surface area contributed by atoms with Gasteiger partial charge >= 0.3 is 0 Å². The van der Waals surface area contributed by atoms with E-state index in [4.69, 9.17) is 17.3 Å². The highest BCUT2D eigenvalue weighted by molar-refractivity contribution is 7.05. The summed E-state index contributed by atoms with van der Waals surface area (Å²) in [5, 5.41) is 4.47. The Balaban J connectivity index is 2.16. The molecule has 0 amide bonds. The van der Waals surface area contributed by atoms with E-state index in [1.807, 2.05) is 0 Å². The molecule has 0 aliphatic heterocycles. The van der Waals surface area contributed by atoms with Crippen molar-refractivity contribution in [1.29, 1.82) is 0 Å². The zero-order valence-corrected chi connectivity index (χ0v) is 12.1. The number of nitrogens with zero attached hydrogens (tertiary/aromatic N) is 2. The second kappa shape index (κ2) is 6.41. The molecule has 0 radical (unpaired) electrons. The molecule has 1 atom stereocenters. The average Bonchev–Trinajstić information content (AvgIpc) is 2.81. The van der Waals surface area contributed by atoms with Gasteiger partial charge in [-0.25, -0.2) is 4.39 Å². The standard InChI is InChI=1S/C13H15ClFN3S/c1-2-3-12-13(19-18-17-12)11(16)6-8-4-5-9(14)7-10(8)15/h4-5,7,11H,2-3,6,16H2,1H3. The number of halogens is 2. The summed E-state index contributed by atoms with van der Waals surface area (Å²) in [6.07, 6.45) is 2.26. The quantitative estimate of drug-likeness (QED) is 0.919. The SMILES string of the molecule is CCCc1nnsc1C(N)Cc1ccc(Cl)cc1F. The largest absolute Gasteiger partial charge is 0.323 e. The normalized spacial score (nSPS) is 12.6. The Morgan fingerprint density at radius 3 is 2.95 bits per heavy atom. The van der Waals surface area contributed by atoms with E-state index in [1.165, 1.54) is 17.6 Å². The van der Waals surface area contributed by atoms with Crippen LogP contribution in [0.2, 0.25) is 5.02 Å². The van der Waals surface area contributed by atoms with Crippen LogP contribution in [0.15, 0.2) is 18.2 Å². The maximum absolute atomic E-state index is 13.7. The van der Waals surface area contributed by atoms with E-state index in [0.29, 0.717) is 17.0 Å². The van der Waals surface area contributed by atoms with Gasteiger partial charge in [-0.05, 0) is 42.1 Å². The fraction of sp³-hybridized carbons (Fsp3) is 0.385. The van der Waals surface area contributed by atoms with Gasteiger partial charge < -0.3 is 5.73 Å². The van der Waals surface area contributed by atoms with E-state index in [1.54, 1.807) is 12.1 Å². The van der Waals surface area contributed by atoms with Gasteiger partial charge in [0.05, 0.1) is 10.6 Å². The van der Waals surface area contributed by atoms with Crippen LogP contribution in [0.3, 0.4) is 0 Å². The van der Waals surface area contributed by atoms with Gasteiger partial charge in [-0.1, -0.05) is 35.5 Å². The Morgan fingerprint density at radius 1 is 1.47 bits per heavy atom. The minimum atomic E-state index is -0.322. The highest BCUT2D eigenvalue weighted by Gasteiger charge is 2.17. The highest BCUT2D eigenvalue weighted by Crippen LogP contribution is 2.25. The molecule has 0 aliphatic carbocycles. The monoisotopic (exact) mass is 299 g/mol. The van der Waals surface area contributed by atoms with Crippen molar-refractivity contribution < 1.29 is 4.39 Å². The number of hydrogen-bond donors (Lipinski definition) is 1. The molecule has 1 aromatic carbocycles. The number of benzene rings is 1. The lowest BCUT2D eigenvalue weighted by Gasteiger charge is -2.11. The van der Waals surface area contributed by atoms with Gasteiger partial charge in [0.15, 0.2) is 0 Å². The van der Waals surface area contributed by atoms with Crippen LogP contribution in [0.1, 0.15) is 35.5 Å². The van der Waals surface area contributed by atoms with Crippen LogP contribution in [-0.4, -0.2) is 9.59 Å². The number of hydrogen-bond acceptors (Lipinski definition) is 4. The average molecular weight is 300 g/mol. The first-order chi connectivity index (χ1) is 9.11. The minimum Gasteiger partial charge on any atom is -0.323 e. The Kier molecular flexibility index (Phi) is 4.85. The van der Waals surface area contributed by atoms with Gasteiger partial charge in [0.1, 0.15) is 5.82 Å². The number of nitrogens with two attached hydrogens (primary N) is 1. The van der Waals surface area contributed by atoms with Crippen molar-refractivity contribution in [3.63, 3.8) is 0 Å². The first-order valence-corrected chi connectivity index (χ1v) is 7.27. The lowest BCUT2D eigenvalue weighted by Crippen LogP contribution is -2.14. The van der Waals surface area contributed by atoms with Gasteiger partial charge in [-0.15, -0.1) is 5.10 Å². The summed E-state index contributed by atoms with van der Waals surface area (Å²) in [6.45, 7) is 2.08.